The molecule has 0 aromatic heterocycles. The van der Waals surface area contributed by atoms with Crippen LogP contribution in [0.15, 0.2) is 0 Å². The summed E-state index contributed by atoms with van der Waals surface area (Å²) in [5, 5.41) is 18.5. The molecule has 0 fully saturated rings. The highest BCUT2D eigenvalue weighted by atomic mass is 16.6. The maximum absolute atomic E-state index is 10.7. The zero-order valence-electron chi connectivity index (χ0n) is 7.90. The van der Waals surface area contributed by atoms with Gasteiger partial charge in [0.2, 0.25) is 0 Å². The summed E-state index contributed by atoms with van der Waals surface area (Å²) in [5.41, 5.74) is 0. The largest absolute Gasteiger partial charge is 0.380 e. The SMILES string of the molecule is CC(=O)COC(C)(O)C(O)C(C)=O. The number of carbonyl (C=O) groups is 2. The van der Waals surface area contributed by atoms with E-state index in [1.54, 1.807) is 0 Å². The lowest BCUT2D eigenvalue weighted by Crippen LogP contribution is -2.46. The summed E-state index contributed by atoms with van der Waals surface area (Å²) >= 11 is 0. The monoisotopic (exact) mass is 190 g/mol. The van der Waals surface area contributed by atoms with Gasteiger partial charge < -0.3 is 14.9 Å². The Labute approximate surface area is 76.3 Å². The van der Waals surface area contributed by atoms with Gasteiger partial charge in [-0.2, -0.15) is 0 Å². The van der Waals surface area contributed by atoms with Crippen molar-refractivity contribution in [3.8, 4) is 0 Å². The van der Waals surface area contributed by atoms with Crippen LogP contribution in [0.3, 0.4) is 0 Å². The van der Waals surface area contributed by atoms with Gasteiger partial charge in [0.25, 0.3) is 0 Å². The molecule has 0 aromatic rings. The summed E-state index contributed by atoms with van der Waals surface area (Å²) in [7, 11) is 0. The highest BCUT2D eigenvalue weighted by Gasteiger charge is 2.34. The molecule has 0 aliphatic rings. The number of rotatable bonds is 5. The quantitative estimate of drug-likeness (QED) is 0.557. The Hall–Kier alpha value is -0.780. The Bertz CT molecular complexity index is 209. The van der Waals surface area contributed by atoms with Crippen molar-refractivity contribution < 1.29 is 24.5 Å². The first-order chi connectivity index (χ1) is 5.77. The molecule has 0 amide bonds. The summed E-state index contributed by atoms with van der Waals surface area (Å²) < 4.78 is 4.65. The molecule has 0 aliphatic carbocycles. The number of hydrogen-bond donors (Lipinski definition) is 2. The first-order valence-electron chi connectivity index (χ1n) is 3.81. The van der Waals surface area contributed by atoms with E-state index in [1.807, 2.05) is 0 Å². The molecule has 0 saturated carbocycles. The molecule has 0 spiro atoms. The van der Waals surface area contributed by atoms with Crippen molar-refractivity contribution in [2.24, 2.45) is 0 Å². The molecule has 76 valence electrons. The van der Waals surface area contributed by atoms with Gasteiger partial charge >= 0.3 is 0 Å². The number of ether oxygens (including phenoxy) is 1. The number of hydrogen-bond acceptors (Lipinski definition) is 5. The van der Waals surface area contributed by atoms with Gasteiger partial charge in [0.15, 0.2) is 23.5 Å². The summed E-state index contributed by atoms with van der Waals surface area (Å²) in [6.07, 6.45) is -1.63. The first-order valence-corrected chi connectivity index (χ1v) is 3.81. The van der Waals surface area contributed by atoms with Crippen molar-refractivity contribution in [1.82, 2.24) is 0 Å². The maximum Gasteiger partial charge on any atom is 0.196 e. The van der Waals surface area contributed by atoms with Gasteiger partial charge in [0, 0.05) is 0 Å². The van der Waals surface area contributed by atoms with Crippen molar-refractivity contribution in [1.29, 1.82) is 0 Å². The summed E-state index contributed by atoms with van der Waals surface area (Å²) in [6.45, 7) is 3.19. The van der Waals surface area contributed by atoms with E-state index in [0.717, 1.165) is 13.8 Å². The standard InChI is InChI=1S/C8H14O5/c1-5(9)4-13-8(3,12)7(11)6(2)10/h7,11-12H,4H2,1-3H3. The fourth-order valence-electron chi connectivity index (χ4n) is 0.704. The smallest absolute Gasteiger partial charge is 0.196 e. The van der Waals surface area contributed by atoms with E-state index < -0.39 is 17.7 Å². The van der Waals surface area contributed by atoms with E-state index in [4.69, 9.17) is 5.11 Å². The predicted octanol–water partition coefficient (Wildman–Crippen LogP) is -0.750. The molecule has 0 heterocycles. The number of aliphatic hydroxyl groups is 2. The van der Waals surface area contributed by atoms with E-state index in [1.165, 1.54) is 6.92 Å². The minimum Gasteiger partial charge on any atom is -0.380 e. The van der Waals surface area contributed by atoms with Crippen LogP contribution in [0, 0.1) is 0 Å². The van der Waals surface area contributed by atoms with Gasteiger partial charge in [-0.3, -0.25) is 9.59 Å². The molecule has 0 aromatic carbocycles. The second kappa shape index (κ2) is 4.45. The van der Waals surface area contributed by atoms with E-state index in [0.29, 0.717) is 0 Å². The van der Waals surface area contributed by atoms with Gasteiger partial charge in [-0.25, -0.2) is 0 Å². The molecule has 2 unspecified atom stereocenters. The molecule has 0 radical (unpaired) electrons. The summed E-state index contributed by atoms with van der Waals surface area (Å²) in [4.78, 5) is 21.1. The molecule has 0 bridgehead atoms. The predicted molar refractivity (Wildman–Crippen MR) is 43.9 cm³/mol. The average molecular weight is 190 g/mol. The van der Waals surface area contributed by atoms with Crippen LogP contribution in [0.5, 0.6) is 0 Å². The van der Waals surface area contributed by atoms with E-state index in [-0.39, 0.29) is 12.4 Å². The lowest BCUT2D eigenvalue weighted by Gasteiger charge is -2.26. The van der Waals surface area contributed by atoms with Gasteiger partial charge in [-0.1, -0.05) is 0 Å². The van der Waals surface area contributed by atoms with Crippen molar-refractivity contribution in [2.45, 2.75) is 32.7 Å². The molecule has 5 heteroatoms. The third-order valence-corrected chi connectivity index (χ3v) is 1.46. The van der Waals surface area contributed by atoms with Gasteiger partial charge in [-0.15, -0.1) is 0 Å². The molecule has 0 aliphatic heterocycles. The Morgan fingerprint density at radius 3 is 2.23 bits per heavy atom. The number of aliphatic hydroxyl groups excluding tert-OH is 1. The van der Waals surface area contributed by atoms with Crippen LogP contribution in [0.4, 0.5) is 0 Å². The second-order valence-corrected chi connectivity index (χ2v) is 3.06. The Morgan fingerprint density at radius 1 is 1.46 bits per heavy atom. The minimum atomic E-state index is -2.00. The van der Waals surface area contributed by atoms with E-state index in [2.05, 4.69) is 4.74 Å². The topological polar surface area (TPSA) is 83.8 Å². The highest BCUT2D eigenvalue weighted by Crippen LogP contribution is 2.12. The van der Waals surface area contributed by atoms with Crippen molar-refractivity contribution in [3.05, 3.63) is 0 Å². The number of Topliss-reactive ketones (excluding diaryl/α,β-unsaturated/α-hetero) is 2. The summed E-state index contributed by atoms with van der Waals surface area (Å²) in [6, 6.07) is 0. The number of ketones is 2. The van der Waals surface area contributed by atoms with E-state index >= 15 is 0 Å². The lowest BCUT2D eigenvalue weighted by molar-refractivity contribution is -0.236. The zero-order chi connectivity index (χ0) is 10.6. The molecule has 0 rings (SSSR count). The van der Waals surface area contributed by atoms with Crippen molar-refractivity contribution in [2.75, 3.05) is 6.61 Å². The molecule has 5 nitrogen and oxygen atoms in total. The normalized spacial score (nSPS) is 17.6. The molecular weight excluding hydrogens is 176 g/mol. The minimum absolute atomic E-state index is 0.295. The van der Waals surface area contributed by atoms with Gasteiger partial charge in [0.05, 0.1) is 0 Å². The van der Waals surface area contributed by atoms with Gasteiger partial charge in [0.1, 0.15) is 6.61 Å². The molecule has 13 heavy (non-hydrogen) atoms. The van der Waals surface area contributed by atoms with Crippen LogP contribution in [-0.4, -0.2) is 40.3 Å². The first kappa shape index (κ1) is 12.2. The molecule has 2 N–H and O–H groups in total. The summed E-state index contributed by atoms with van der Waals surface area (Å²) in [5.74, 6) is -2.91. The van der Waals surface area contributed by atoms with Crippen molar-refractivity contribution in [3.63, 3.8) is 0 Å². The van der Waals surface area contributed by atoms with Crippen LogP contribution >= 0.6 is 0 Å². The van der Waals surface area contributed by atoms with Crippen LogP contribution in [0.25, 0.3) is 0 Å². The molecule has 2 atom stereocenters. The van der Waals surface area contributed by atoms with E-state index in [9.17, 15) is 14.7 Å². The third-order valence-electron chi connectivity index (χ3n) is 1.46. The van der Waals surface area contributed by atoms with Crippen LogP contribution in [0.2, 0.25) is 0 Å². The average Bonchev–Trinajstić information content (AvgIpc) is 1.99. The Balaban J connectivity index is 4.21. The zero-order valence-corrected chi connectivity index (χ0v) is 7.90. The second-order valence-electron chi connectivity index (χ2n) is 3.06. The van der Waals surface area contributed by atoms with Crippen LogP contribution < -0.4 is 0 Å². The third kappa shape index (κ3) is 4.12. The fourth-order valence-corrected chi connectivity index (χ4v) is 0.704. The highest BCUT2D eigenvalue weighted by molar-refractivity contribution is 5.81. The van der Waals surface area contributed by atoms with Crippen LogP contribution in [-0.2, 0) is 14.3 Å². The van der Waals surface area contributed by atoms with Gasteiger partial charge in [-0.05, 0) is 20.8 Å². The number of carbonyl (C=O) groups excluding carboxylic acids is 2. The van der Waals surface area contributed by atoms with Crippen molar-refractivity contribution >= 4 is 11.6 Å². The van der Waals surface area contributed by atoms with Crippen LogP contribution in [0.1, 0.15) is 20.8 Å². The lowest BCUT2D eigenvalue weighted by atomic mass is 10.1. The molecular formula is C8H14O5. The fraction of sp³-hybridized carbons (Fsp3) is 0.750. The Kier molecular flexibility index (Phi) is 4.19. The molecule has 0 saturated heterocycles. The maximum atomic E-state index is 10.7. The Morgan fingerprint density at radius 2 is 1.92 bits per heavy atom.